The molecule has 1 saturated carbocycles. The molecule has 3 aliphatic rings. The molecule has 186 valence electrons. The Balaban J connectivity index is 1.42. The van der Waals surface area contributed by atoms with Crippen molar-refractivity contribution in [3.8, 4) is 5.75 Å². The number of halogens is 2. The summed E-state index contributed by atoms with van der Waals surface area (Å²) in [5, 5.41) is 13.1. The number of fused-ring (bicyclic) bond motifs is 2. The molecule has 1 aromatic carbocycles. The number of carbonyl (C=O) groups excluding carboxylic acids is 2. The number of nitrogens with zero attached hydrogens (tertiary/aromatic N) is 3. The first-order chi connectivity index (χ1) is 16.7. The fourth-order valence-electron chi connectivity index (χ4n) is 5.28. The quantitative estimate of drug-likeness (QED) is 0.691. The maximum absolute atomic E-state index is 13.9. The van der Waals surface area contributed by atoms with E-state index in [1.54, 1.807) is 4.57 Å². The molecule has 2 amide bonds. The summed E-state index contributed by atoms with van der Waals surface area (Å²) in [6.07, 6.45) is 4.89. The van der Waals surface area contributed by atoms with Crippen molar-refractivity contribution in [1.82, 2.24) is 19.7 Å². The van der Waals surface area contributed by atoms with Crippen molar-refractivity contribution in [1.29, 1.82) is 0 Å². The molecular weight excluding hydrogens is 458 g/mol. The lowest BCUT2D eigenvalue weighted by Crippen LogP contribution is -2.61. The lowest BCUT2D eigenvalue weighted by Gasteiger charge is -2.49. The van der Waals surface area contributed by atoms with E-state index in [1.807, 2.05) is 11.8 Å². The molecule has 2 aromatic rings. The van der Waals surface area contributed by atoms with Gasteiger partial charge in [-0.25, -0.2) is 8.78 Å². The maximum atomic E-state index is 13.9. The van der Waals surface area contributed by atoms with Gasteiger partial charge in [0.15, 0.2) is 5.75 Å². The number of aryl methyl sites for hydroxylation is 1. The van der Waals surface area contributed by atoms with Crippen LogP contribution in [0, 0.1) is 11.6 Å². The number of aromatic hydroxyl groups is 1. The van der Waals surface area contributed by atoms with Gasteiger partial charge in [-0.15, -0.1) is 0 Å². The van der Waals surface area contributed by atoms with Crippen LogP contribution in [0.2, 0.25) is 0 Å². The van der Waals surface area contributed by atoms with Gasteiger partial charge in [-0.2, -0.15) is 0 Å². The molecule has 2 fully saturated rings. The average Bonchev–Trinajstić information content (AvgIpc) is 3.65. The van der Waals surface area contributed by atoms with Crippen molar-refractivity contribution in [2.75, 3.05) is 6.54 Å². The first-order valence-electron chi connectivity index (χ1n) is 12.0. The van der Waals surface area contributed by atoms with E-state index < -0.39 is 28.7 Å². The first-order valence-corrected chi connectivity index (χ1v) is 12.0. The van der Waals surface area contributed by atoms with Crippen LogP contribution in [-0.2, 0) is 24.3 Å². The van der Waals surface area contributed by atoms with Gasteiger partial charge in [0, 0.05) is 49.5 Å². The molecule has 35 heavy (non-hydrogen) atoms. The summed E-state index contributed by atoms with van der Waals surface area (Å²) in [5.41, 5.74) is -0.929. The number of pyridine rings is 1. The van der Waals surface area contributed by atoms with Crippen molar-refractivity contribution in [3.63, 3.8) is 0 Å². The highest BCUT2D eigenvalue weighted by atomic mass is 19.1. The zero-order valence-electron chi connectivity index (χ0n) is 19.5. The summed E-state index contributed by atoms with van der Waals surface area (Å²) >= 11 is 0. The van der Waals surface area contributed by atoms with E-state index in [9.17, 15) is 28.3 Å². The van der Waals surface area contributed by atoms with Crippen LogP contribution in [0.25, 0.3) is 0 Å². The van der Waals surface area contributed by atoms with Crippen LogP contribution in [-0.4, -0.2) is 56.1 Å². The van der Waals surface area contributed by atoms with Crippen LogP contribution < -0.4 is 10.7 Å². The van der Waals surface area contributed by atoms with E-state index in [4.69, 9.17) is 0 Å². The SMILES string of the molecule is CC1CCN(C2CC2)C2CCn3cc(C(=O)NCc4ccc(F)cc4F)c(=O)c(O)c3CC(=O)N12. The maximum Gasteiger partial charge on any atom is 0.257 e. The minimum atomic E-state index is -0.885. The topological polar surface area (TPSA) is 94.9 Å². The van der Waals surface area contributed by atoms with Crippen molar-refractivity contribution >= 4 is 11.8 Å². The summed E-state index contributed by atoms with van der Waals surface area (Å²) in [6, 6.07) is 3.56. The minimum absolute atomic E-state index is 0.0626. The van der Waals surface area contributed by atoms with E-state index >= 15 is 0 Å². The molecule has 0 radical (unpaired) electrons. The van der Waals surface area contributed by atoms with E-state index in [0.29, 0.717) is 25.1 Å². The summed E-state index contributed by atoms with van der Waals surface area (Å²) < 4.78 is 28.7. The van der Waals surface area contributed by atoms with Gasteiger partial charge < -0.3 is 19.9 Å². The lowest BCUT2D eigenvalue weighted by molar-refractivity contribution is -0.146. The molecule has 2 atom stereocenters. The molecule has 1 saturated heterocycles. The highest BCUT2D eigenvalue weighted by molar-refractivity contribution is 5.94. The Labute approximate surface area is 201 Å². The fraction of sp³-hybridized carbons (Fsp3) is 0.480. The predicted octanol–water partition coefficient (Wildman–Crippen LogP) is 2.12. The predicted molar refractivity (Wildman–Crippen MR) is 123 cm³/mol. The molecule has 10 heteroatoms. The number of benzene rings is 1. The monoisotopic (exact) mass is 486 g/mol. The van der Waals surface area contributed by atoms with Crippen LogP contribution in [0.1, 0.15) is 54.2 Å². The van der Waals surface area contributed by atoms with E-state index in [0.717, 1.165) is 31.9 Å². The molecule has 3 heterocycles. The highest BCUT2D eigenvalue weighted by Crippen LogP contribution is 2.36. The molecule has 1 aromatic heterocycles. The lowest BCUT2D eigenvalue weighted by atomic mass is 10.0. The molecule has 2 N–H and O–H groups in total. The second-order valence-electron chi connectivity index (χ2n) is 9.63. The molecule has 5 rings (SSSR count). The number of rotatable bonds is 4. The summed E-state index contributed by atoms with van der Waals surface area (Å²) in [4.78, 5) is 43.2. The Hall–Kier alpha value is -3.27. The van der Waals surface area contributed by atoms with Gasteiger partial charge in [-0.3, -0.25) is 19.3 Å². The van der Waals surface area contributed by atoms with Crippen LogP contribution in [0.15, 0.2) is 29.2 Å². The Kier molecular flexibility index (Phi) is 6.08. The van der Waals surface area contributed by atoms with Gasteiger partial charge in [-0.05, 0) is 38.7 Å². The number of hydrogen-bond acceptors (Lipinski definition) is 5. The minimum Gasteiger partial charge on any atom is -0.503 e. The van der Waals surface area contributed by atoms with Crippen molar-refractivity contribution in [2.24, 2.45) is 0 Å². The number of carbonyl (C=O) groups is 2. The van der Waals surface area contributed by atoms with Crippen LogP contribution in [0.4, 0.5) is 8.78 Å². The second-order valence-corrected chi connectivity index (χ2v) is 9.63. The molecule has 1 aliphatic carbocycles. The molecule has 2 unspecified atom stereocenters. The third-order valence-electron chi connectivity index (χ3n) is 7.30. The van der Waals surface area contributed by atoms with Crippen LogP contribution in [0.3, 0.4) is 0 Å². The van der Waals surface area contributed by atoms with E-state index in [1.165, 1.54) is 12.3 Å². The largest absolute Gasteiger partial charge is 0.503 e. The van der Waals surface area contributed by atoms with Gasteiger partial charge in [0.2, 0.25) is 11.3 Å². The number of nitrogens with one attached hydrogen (secondary N) is 1. The first kappa shape index (κ1) is 23.5. The molecule has 2 aliphatic heterocycles. The zero-order chi connectivity index (χ0) is 24.9. The Bertz CT molecular complexity index is 1240. The Morgan fingerprint density at radius 1 is 1.14 bits per heavy atom. The smallest absolute Gasteiger partial charge is 0.257 e. The van der Waals surface area contributed by atoms with Gasteiger partial charge in [0.25, 0.3) is 5.91 Å². The molecule has 0 spiro atoms. The zero-order valence-corrected chi connectivity index (χ0v) is 19.5. The van der Waals surface area contributed by atoms with Crippen LogP contribution in [0.5, 0.6) is 5.75 Å². The van der Waals surface area contributed by atoms with Crippen LogP contribution >= 0.6 is 0 Å². The number of aromatic nitrogens is 1. The van der Waals surface area contributed by atoms with Gasteiger partial charge >= 0.3 is 0 Å². The molecule has 0 bridgehead atoms. The van der Waals surface area contributed by atoms with E-state index in [-0.39, 0.29) is 47.9 Å². The molecule has 8 nitrogen and oxygen atoms in total. The summed E-state index contributed by atoms with van der Waals surface area (Å²) in [6.45, 7) is 3.12. The van der Waals surface area contributed by atoms with Gasteiger partial charge in [0.05, 0.1) is 18.3 Å². The van der Waals surface area contributed by atoms with Crippen molar-refractivity contribution in [3.05, 3.63) is 63.1 Å². The van der Waals surface area contributed by atoms with Gasteiger partial charge in [0.1, 0.15) is 17.2 Å². The Morgan fingerprint density at radius 3 is 2.63 bits per heavy atom. The third-order valence-corrected chi connectivity index (χ3v) is 7.30. The summed E-state index contributed by atoms with van der Waals surface area (Å²) in [7, 11) is 0. The van der Waals surface area contributed by atoms with Gasteiger partial charge in [-0.1, -0.05) is 6.07 Å². The summed E-state index contributed by atoms with van der Waals surface area (Å²) in [5.74, 6) is -3.11. The van der Waals surface area contributed by atoms with E-state index in [2.05, 4.69) is 10.2 Å². The highest BCUT2D eigenvalue weighted by Gasteiger charge is 2.43. The van der Waals surface area contributed by atoms with Crippen molar-refractivity contribution < 1.29 is 23.5 Å². The fourth-order valence-corrected chi connectivity index (χ4v) is 5.28. The number of hydrogen-bond donors (Lipinski definition) is 2. The second kappa shape index (κ2) is 9.07. The Morgan fingerprint density at radius 2 is 1.91 bits per heavy atom. The van der Waals surface area contributed by atoms with Crippen molar-refractivity contribution in [2.45, 2.75) is 70.4 Å². The normalized spacial score (nSPS) is 22.7. The standard InChI is InChI=1S/C25H28F2N4O4/c1-14-6-9-30(17-4-5-17)21-7-8-29-13-18(23(33)24(34)20(29)11-22(32)31(14)21)25(35)28-12-15-2-3-16(26)10-19(15)27/h2-3,10,13-14,17,21,34H,4-9,11-12H2,1H3,(H,28,35). The molecular formula is C25H28F2N4O4. The average molecular weight is 487 g/mol. The number of amides is 2. The third kappa shape index (κ3) is 4.42.